The maximum Gasteiger partial charge on any atom is 0.0638 e. The second-order valence-corrected chi connectivity index (χ2v) is 5.30. The largest absolute Gasteiger partial charge is 0.376 e. The van der Waals surface area contributed by atoms with Crippen LogP contribution in [-0.2, 0) is 4.74 Å². The molecule has 0 aromatic heterocycles. The molecule has 13 heavy (non-hydrogen) atoms. The van der Waals surface area contributed by atoms with Gasteiger partial charge in [0.1, 0.15) is 0 Å². The van der Waals surface area contributed by atoms with Gasteiger partial charge in [-0.2, -0.15) is 11.8 Å². The van der Waals surface area contributed by atoms with Crippen LogP contribution in [-0.4, -0.2) is 29.8 Å². The average Bonchev–Trinajstić information content (AvgIpc) is 2.10. The van der Waals surface area contributed by atoms with Gasteiger partial charge in [-0.05, 0) is 18.6 Å². The van der Waals surface area contributed by atoms with Crippen molar-refractivity contribution in [2.45, 2.75) is 51.5 Å². The summed E-state index contributed by atoms with van der Waals surface area (Å²) in [6.45, 7) is 9.29. The Balaban J connectivity index is 3.34. The quantitative estimate of drug-likeness (QED) is 0.692. The third-order valence-corrected chi connectivity index (χ3v) is 3.11. The Labute approximate surface area is 86.6 Å². The maximum absolute atomic E-state index is 5.75. The van der Waals surface area contributed by atoms with Gasteiger partial charge in [-0.25, -0.2) is 0 Å². The first kappa shape index (κ1) is 13.3. The summed E-state index contributed by atoms with van der Waals surface area (Å²) in [6.07, 6.45) is 1.31. The van der Waals surface area contributed by atoms with Gasteiger partial charge in [-0.1, -0.05) is 20.8 Å². The molecule has 0 heterocycles. The van der Waals surface area contributed by atoms with Gasteiger partial charge in [0.05, 0.1) is 12.7 Å². The highest BCUT2D eigenvalue weighted by Crippen LogP contribution is 2.12. The molecule has 0 aliphatic rings. The number of nitrogens with two attached hydrogens (primary N) is 1. The molecule has 0 aromatic carbocycles. The van der Waals surface area contributed by atoms with Gasteiger partial charge >= 0.3 is 0 Å². The van der Waals surface area contributed by atoms with Gasteiger partial charge in [-0.15, -0.1) is 0 Å². The second-order valence-electron chi connectivity index (χ2n) is 3.69. The average molecular weight is 205 g/mol. The van der Waals surface area contributed by atoms with E-state index in [2.05, 4.69) is 27.7 Å². The van der Waals surface area contributed by atoms with E-state index in [1.54, 1.807) is 0 Å². The minimum Gasteiger partial charge on any atom is -0.376 e. The van der Waals surface area contributed by atoms with Crippen molar-refractivity contribution >= 4 is 11.8 Å². The van der Waals surface area contributed by atoms with Crippen molar-refractivity contribution in [2.75, 3.05) is 12.4 Å². The van der Waals surface area contributed by atoms with E-state index in [9.17, 15) is 0 Å². The molecule has 80 valence electrons. The van der Waals surface area contributed by atoms with Crippen LogP contribution in [0.15, 0.2) is 0 Å². The first-order chi connectivity index (χ1) is 6.06. The molecule has 2 N–H and O–H groups in total. The minimum absolute atomic E-state index is 0.200. The van der Waals surface area contributed by atoms with E-state index < -0.39 is 0 Å². The van der Waals surface area contributed by atoms with E-state index in [4.69, 9.17) is 10.5 Å². The Bertz CT molecular complexity index is 119. The molecule has 0 aliphatic carbocycles. The van der Waals surface area contributed by atoms with Crippen molar-refractivity contribution in [1.82, 2.24) is 0 Å². The van der Waals surface area contributed by atoms with E-state index in [0.717, 1.165) is 12.2 Å². The third kappa shape index (κ3) is 8.60. The predicted octanol–water partition coefficient (Wildman–Crippen LogP) is 2.27. The third-order valence-electron chi connectivity index (χ3n) is 1.78. The highest BCUT2D eigenvalue weighted by Gasteiger charge is 2.06. The molecular weight excluding hydrogens is 182 g/mol. The van der Waals surface area contributed by atoms with Crippen LogP contribution in [0.4, 0.5) is 0 Å². The zero-order valence-electron chi connectivity index (χ0n) is 9.25. The summed E-state index contributed by atoms with van der Waals surface area (Å²) < 4.78 is 5.60. The van der Waals surface area contributed by atoms with Gasteiger partial charge in [0, 0.05) is 11.8 Å². The summed E-state index contributed by atoms with van der Waals surface area (Å²) in [6, 6.07) is 0.200. The molecule has 0 radical (unpaired) electrons. The molecule has 0 aliphatic heterocycles. The molecule has 2 nitrogen and oxygen atoms in total. The van der Waals surface area contributed by atoms with E-state index >= 15 is 0 Å². The molecule has 0 spiro atoms. The van der Waals surface area contributed by atoms with Crippen LogP contribution in [0.3, 0.4) is 0 Å². The smallest absolute Gasteiger partial charge is 0.0638 e. The van der Waals surface area contributed by atoms with Gasteiger partial charge in [0.15, 0.2) is 0 Å². The van der Waals surface area contributed by atoms with Gasteiger partial charge in [0.2, 0.25) is 0 Å². The highest BCUT2D eigenvalue weighted by atomic mass is 32.2. The Morgan fingerprint density at radius 1 is 1.31 bits per heavy atom. The zero-order valence-corrected chi connectivity index (χ0v) is 10.1. The molecule has 0 amide bonds. The fraction of sp³-hybridized carbons (Fsp3) is 1.00. The van der Waals surface area contributed by atoms with Crippen LogP contribution in [0, 0.1) is 0 Å². The van der Waals surface area contributed by atoms with E-state index in [1.165, 1.54) is 0 Å². The van der Waals surface area contributed by atoms with Crippen LogP contribution in [0.5, 0.6) is 0 Å². The molecule has 0 saturated heterocycles. The van der Waals surface area contributed by atoms with Crippen molar-refractivity contribution < 1.29 is 4.74 Å². The van der Waals surface area contributed by atoms with Gasteiger partial charge < -0.3 is 10.5 Å². The lowest BCUT2D eigenvalue weighted by Gasteiger charge is -2.16. The standard InChI is InChI=1S/C10H23NOS/c1-5-10(11)6-12-9(4)7-13-8(2)3/h8-10H,5-7,11H2,1-4H3. The molecule has 0 fully saturated rings. The number of rotatable bonds is 7. The molecule has 0 rings (SSSR count). The van der Waals surface area contributed by atoms with Crippen molar-refractivity contribution in [3.63, 3.8) is 0 Å². The molecule has 0 saturated carbocycles. The number of thioether (sulfide) groups is 1. The van der Waals surface area contributed by atoms with Gasteiger partial charge in [-0.3, -0.25) is 0 Å². The topological polar surface area (TPSA) is 35.2 Å². The summed E-state index contributed by atoms with van der Waals surface area (Å²) in [4.78, 5) is 0. The van der Waals surface area contributed by atoms with Crippen LogP contribution in [0.2, 0.25) is 0 Å². The van der Waals surface area contributed by atoms with Gasteiger partial charge in [0.25, 0.3) is 0 Å². The fourth-order valence-electron chi connectivity index (χ4n) is 0.782. The van der Waals surface area contributed by atoms with Crippen molar-refractivity contribution in [1.29, 1.82) is 0 Å². The number of hydrogen-bond acceptors (Lipinski definition) is 3. The predicted molar refractivity (Wildman–Crippen MR) is 61.3 cm³/mol. The minimum atomic E-state index is 0.200. The lowest BCUT2D eigenvalue weighted by molar-refractivity contribution is 0.0706. The first-order valence-electron chi connectivity index (χ1n) is 5.05. The van der Waals surface area contributed by atoms with Crippen molar-refractivity contribution in [3.05, 3.63) is 0 Å². The SMILES string of the molecule is CCC(N)COC(C)CSC(C)C. The zero-order chi connectivity index (χ0) is 10.3. The Hall–Kier alpha value is 0.270. The Kier molecular flexibility index (Phi) is 7.81. The summed E-state index contributed by atoms with van der Waals surface area (Å²) in [5.74, 6) is 1.06. The summed E-state index contributed by atoms with van der Waals surface area (Å²) in [5.41, 5.74) is 5.75. The molecule has 2 unspecified atom stereocenters. The van der Waals surface area contributed by atoms with Crippen molar-refractivity contribution in [3.8, 4) is 0 Å². The molecule has 3 heteroatoms. The lowest BCUT2D eigenvalue weighted by Crippen LogP contribution is -2.28. The van der Waals surface area contributed by atoms with E-state index in [0.29, 0.717) is 18.0 Å². The molecule has 2 atom stereocenters. The number of hydrogen-bond donors (Lipinski definition) is 1. The monoisotopic (exact) mass is 205 g/mol. The molecule has 0 bridgehead atoms. The Morgan fingerprint density at radius 3 is 2.38 bits per heavy atom. The van der Waals surface area contributed by atoms with Crippen LogP contribution >= 0.6 is 11.8 Å². The summed E-state index contributed by atoms with van der Waals surface area (Å²) in [5, 5.41) is 0.686. The number of ether oxygens (including phenoxy) is 1. The highest BCUT2D eigenvalue weighted by molar-refractivity contribution is 7.99. The Morgan fingerprint density at radius 2 is 1.92 bits per heavy atom. The normalized spacial score (nSPS) is 16.2. The van der Waals surface area contributed by atoms with Crippen LogP contribution < -0.4 is 5.73 Å². The second kappa shape index (κ2) is 7.65. The van der Waals surface area contributed by atoms with Crippen LogP contribution in [0.1, 0.15) is 34.1 Å². The maximum atomic E-state index is 5.75. The molecular formula is C10H23NOS. The lowest BCUT2D eigenvalue weighted by atomic mass is 10.2. The van der Waals surface area contributed by atoms with Crippen LogP contribution in [0.25, 0.3) is 0 Å². The first-order valence-corrected chi connectivity index (χ1v) is 6.09. The van der Waals surface area contributed by atoms with Crippen molar-refractivity contribution in [2.24, 2.45) is 5.73 Å². The molecule has 0 aromatic rings. The summed E-state index contributed by atoms with van der Waals surface area (Å²) >= 11 is 1.93. The van der Waals surface area contributed by atoms with E-state index in [1.807, 2.05) is 11.8 Å². The van der Waals surface area contributed by atoms with E-state index in [-0.39, 0.29) is 6.04 Å². The summed E-state index contributed by atoms with van der Waals surface area (Å²) in [7, 11) is 0. The fourth-order valence-corrected chi connectivity index (χ4v) is 1.53.